The third kappa shape index (κ3) is 1.82. The second-order valence-corrected chi connectivity index (χ2v) is 4.35. The van der Waals surface area contributed by atoms with Gasteiger partial charge in [-0.05, 0) is 25.1 Å². The van der Waals surface area contributed by atoms with Crippen molar-refractivity contribution in [3.8, 4) is 5.88 Å². The Morgan fingerprint density at radius 3 is 2.55 bits per heavy atom. The van der Waals surface area contributed by atoms with Crippen LogP contribution in [0.5, 0.6) is 0 Å². The summed E-state index contributed by atoms with van der Waals surface area (Å²) in [5.74, 6) is 0.742. The first-order valence-corrected chi connectivity index (χ1v) is 5.75. The zero-order valence-corrected chi connectivity index (χ0v) is 10.3. The van der Waals surface area contributed by atoms with Crippen LogP contribution in [0.2, 0.25) is 0 Å². The van der Waals surface area contributed by atoms with Crippen LogP contribution in [-0.2, 0) is 6.18 Å². The van der Waals surface area contributed by atoms with E-state index < -0.39 is 17.4 Å². The second kappa shape index (κ2) is 4.03. The molecule has 0 unspecified atom stereocenters. The molecule has 0 aliphatic rings. The molecule has 1 N–H and O–H groups in total. The van der Waals surface area contributed by atoms with E-state index in [-0.39, 0.29) is 16.9 Å². The number of para-hydroxylation sites is 1. The Bertz CT molecular complexity index is 839. The topological polar surface area (TPSA) is 50.9 Å². The summed E-state index contributed by atoms with van der Waals surface area (Å²) in [5, 5.41) is 0. The van der Waals surface area contributed by atoms with Crippen molar-refractivity contribution >= 4 is 11.0 Å². The van der Waals surface area contributed by atoms with Crippen molar-refractivity contribution < 1.29 is 17.6 Å². The minimum atomic E-state index is -4.53. The number of H-pyrrole nitrogens is 1. The van der Waals surface area contributed by atoms with Crippen molar-refractivity contribution in [2.75, 3.05) is 0 Å². The van der Waals surface area contributed by atoms with E-state index in [9.17, 15) is 18.0 Å². The molecular formula is C13H9F3N2O2. The molecule has 4 nitrogen and oxygen atoms in total. The number of rotatable bonds is 1. The summed E-state index contributed by atoms with van der Waals surface area (Å²) in [4.78, 5) is 14.1. The zero-order valence-electron chi connectivity index (χ0n) is 10.3. The van der Waals surface area contributed by atoms with Gasteiger partial charge in [-0.15, -0.1) is 0 Å². The number of furan rings is 1. The normalized spacial score (nSPS) is 12.2. The highest BCUT2D eigenvalue weighted by molar-refractivity contribution is 5.80. The highest BCUT2D eigenvalue weighted by atomic mass is 19.4. The first-order chi connectivity index (χ1) is 9.38. The number of nitrogens with one attached hydrogen (secondary N) is 1. The number of aromatic amines is 1. The van der Waals surface area contributed by atoms with Crippen LogP contribution in [0.25, 0.3) is 16.9 Å². The molecule has 104 valence electrons. The van der Waals surface area contributed by atoms with E-state index in [1.54, 1.807) is 13.0 Å². The number of aryl methyl sites for hydroxylation is 1. The maximum absolute atomic E-state index is 12.9. The van der Waals surface area contributed by atoms with E-state index in [0.717, 1.165) is 10.6 Å². The van der Waals surface area contributed by atoms with Crippen molar-refractivity contribution in [2.45, 2.75) is 13.1 Å². The predicted octanol–water partition coefficient (Wildman–Crippen LogP) is 3.24. The van der Waals surface area contributed by atoms with Gasteiger partial charge in [0.1, 0.15) is 5.76 Å². The number of hydrogen-bond donors (Lipinski definition) is 1. The molecule has 3 aromatic rings. The highest BCUT2D eigenvalue weighted by Crippen LogP contribution is 2.33. The number of imidazole rings is 1. The Morgan fingerprint density at radius 2 is 1.95 bits per heavy atom. The van der Waals surface area contributed by atoms with Gasteiger partial charge in [-0.2, -0.15) is 13.2 Å². The molecule has 0 spiro atoms. The zero-order chi connectivity index (χ0) is 14.5. The van der Waals surface area contributed by atoms with E-state index in [1.165, 1.54) is 18.2 Å². The molecule has 7 heteroatoms. The third-order valence-corrected chi connectivity index (χ3v) is 2.97. The van der Waals surface area contributed by atoms with E-state index >= 15 is 0 Å². The fourth-order valence-electron chi connectivity index (χ4n) is 2.13. The van der Waals surface area contributed by atoms with Crippen molar-refractivity contribution in [3.05, 3.63) is 52.1 Å². The molecule has 2 aromatic heterocycles. The first-order valence-electron chi connectivity index (χ1n) is 5.75. The smallest absolute Gasteiger partial charge is 0.418 e. The Morgan fingerprint density at radius 1 is 1.20 bits per heavy atom. The van der Waals surface area contributed by atoms with Crippen LogP contribution in [0.3, 0.4) is 0 Å². The summed E-state index contributed by atoms with van der Waals surface area (Å²) in [6, 6.07) is 6.78. The van der Waals surface area contributed by atoms with Crippen LogP contribution < -0.4 is 5.69 Å². The van der Waals surface area contributed by atoms with Crippen LogP contribution in [0, 0.1) is 6.92 Å². The highest BCUT2D eigenvalue weighted by Gasteiger charge is 2.34. The fourth-order valence-corrected chi connectivity index (χ4v) is 2.13. The van der Waals surface area contributed by atoms with Gasteiger partial charge >= 0.3 is 11.9 Å². The Labute approximate surface area is 110 Å². The molecule has 0 atom stereocenters. The quantitative estimate of drug-likeness (QED) is 0.745. The summed E-state index contributed by atoms with van der Waals surface area (Å²) < 4.78 is 45.1. The van der Waals surface area contributed by atoms with Gasteiger partial charge in [-0.1, -0.05) is 6.07 Å². The lowest BCUT2D eigenvalue weighted by Gasteiger charge is -2.07. The van der Waals surface area contributed by atoms with E-state index in [0.29, 0.717) is 5.76 Å². The van der Waals surface area contributed by atoms with Gasteiger partial charge in [0.25, 0.3) is 0 Å². The van der Waals surface area contributed by atoms with Gasteiger partial charge in [0.05, 0.1) is 16.6 Å². The summed E-state index contributed by atoms with van der Waals surface area (Å²) in [7, 11) is 0. The number of alkyl halides is 3. The Kier molecular flexibility index (Phi) is 2.53. The lowest BCUT2D eigenvalue weighted by molar-refractivity contribution is -0.136. The van der Waals surface area contributed by atoms with Crippen LogP contribution in [0.1, 0.15) is 11.3 Å². The number of aromatic nitrogens is 2. The summed E-state index contributed by atoms with van der Waals surface area (Å²) in [6.45, 7) is 1.69. The first kappa shape index (κ1) is 12.6. The van der Waals surface area contributed by atoms with E-state index in [1.807, 2.05) is 0 Å². The standard InChI is InChI=1S/C13H9F3N2O2/c1-7-5-6-10(20-7)18-9-4-2-3-8(13(14,15)16)11(9)17-12(18)19/h2-6H,1H3,(H,17,19). The third-order valence-electron chi connectivity index (χ3n) is 2.97. The number of fused-ring (bicyclic) bond motifs is 1. The van der Waals surface area contributed by atoms with Gasteiger partial charge in [0.15, 0.2) is 0 Å². The second-order valence-electron chi connectivity index (χ2n) is 4.35. The van der Waals surface area contributed by atoms with Crippen molar-refractivity contribution in [3.63, 3.8) is 0 Å². The molecule has 1 aromatic carbocycles. The summed E-state index contributed by atoms with van der Waals surface area (Å²) >= 11 is 0. The molecule has 3 rings (SSSR count). The molecule has 0 amide bonds. The SMILES string of the molecule is Cc1ccc(-n2c(=O)[nH]c3c(C(F)(F)F)cccc32)o1. The molecule has 0 bridgehead atoms. The molecule has 0 saturated carbocycles. The van der Waals surface area contributed by atoms with Crippen molar-refractivity contribution in [1.82, 2.24) is 9.55 Å². The van der Waals surface area contributed by atoms with Crippen LogP contribution >= 0.6 is 0 Å². The molecule has 2 heterocycles. The van der Waals surface area contributed by atoms with Crippen molar-refractivity contribution in [1.29, 1.82) is 0 Å². The monoisotopic (exact) mass is 282 g/mol. The maximum atomic E-state index is 12.9. The van der Waals surface area contributed by atoms with Gasteiger partial charge in [-0.3, -0.25) is 0 Å². The Hall–Kier alpha value is -2.44. The Balaban J connectivity index is 2.36. The molecular weight excluding hydrogens is 273 g/mol. The molecule has 0 aliphatic heterocycles. The van der Waals surface area contributed by atoms with Gasteiger partial charge < -0.3 is 9.40 Å². The lowest BCUT2D eigenvalue weighted by Crippen LogP contribution is -2.13. The predicted molar refractivity (Wildman–Crippen MR) is 65.9 cm³/mol. The van der Waals surface area contributed by atoms with Crippen LogP contribution in [0.4, 0.5) is 13.2 Å². The fraction of sp³-hybridized carbons (Fsp3) is 0.154. The summed E-state index contributed by atoms with van der Waals surface area (Å²) in [5.41, 5.74) is -1.68. The summed E-state index contributed by atoms with van der Waals surface area (Å²) in [6.07, 6.45) is -4.53. The van der Waals surface area contributed by atoms with Crippen LogP contribution in [-0.4, -0.2) is 9.55 Å². The average Bonchev–Trinajstić information content (AvgIpc) is 2.89. The van der Waals surface area contributed by atoms with Gasteiger partial charge in [-0.25, -0.2) is 9.36 Å². The van der Waals surface area contributed by atoms with Crippen molar-refractivity contribution in [2.24, 2.45) is 0 Å². The lowest BCUT2D eigenvalue weighted by atomic mass is 10.2. The molecule has 0 saturated heterocycles. The minimum absolute atomic E-state index is 0.124. The average molecular weight is 282 g/mol. The number of nitrogens with zero attached hydrogens (tertiary/aromatic N) is 1. The molecule has 0 aliphatic carbocycles. The number of halogens is 3. The minimum Gasteiger partial charge on any atom is -0.445 e. The maximum Gasteiger partial charge on any atom is 0.418 e. The molecule has 20 heavy (non-hydrogen) atoms. The molecule has 0 radical (unpaired) electrons. The largest absolute Gasteiger partial charge is 0.445 e. The number of hydrogen-bond acceptors (Lipinski definition) is 2. The van der Waals surface area contributed by atoms with E-state index in [4.69, 9.17) is 4.42 Å². The van der Waals surface area contributed by atoms with Gasteiger partial charge in [0, 0.05) is 6.07 Å². The molecule has 0 fully saturated rings. The van der Waals surface area contributed by atoms with Crippen LogP contribution in [0.15, 0.2) is 39.5 Å². The van der Waals surface area contributed by atoms with Gasteiger partial charge in [0.2, 0.25) is 5.88 Å². The van der Waals surface area contributed by atoms with E-state index in [2.05, 4.69) is 4.98 Å². The number of benzene rings is 1.